The molecule has 19 heavy (non-hydrogen) atoms. The highest BCUT2D eigenvalue weighted by molar-refractivity contribution is 5.84. The van der Waals surface area contributed by atoms with Crippen molar-refractivity contribution < 1.29 is 23.8 Å². The summed E-state index contributed by atoms with van der Waals surface area (Å²) in [6, 6.07) is 1.52. The van der Waals surface area contributed by atoms with Crippen LogP contribution in [-0.2, 0) is 17.7 Å². The molecule has 2 rings (SSSR count). The number of nitrogens with zero attached hydrogens (tertiary/aromatic N) is 1. The third kappa shape index (κ3) is 3.07. The van der Waals surface area contributed by atoms with Gasteiger partial charge in [-0.2, -0.15) is 0 Å². The molecule has 0 atom stereocenters. The van der Waals surface area contributed by atoms with Crippen LogP contribution in [0.2, 0.25) is 0 Å². The van der Waals surface area contributed by atoms with Gasteiger partial charge in [0.1, 0.15) is 11.4 Å². The van der Waals surface area contributed by atoms with Crippen LogP contribution >= 0.6 is 0 Å². The predicted molar refractivity (Wildman–Crippen MR) is 66.0 cm³/mol. The number of carboxylic acids is 1. The molecule has 2 heterocycles. The molecule has 0 spiro atoms. The lowest BCUT2D eigenvalue weighted by Gasteiger charge is -2.29. The van der Waals surface area contributed by atoms with Gasteiger partial charge in [0.15, 0.2) is 0 Å². The van der Waals surface area contributed by atoms with Gasteiger partial charge in [-0.05, 0) is 38.8 Å². The maximum absolute atomic E-state index is 11.9. The number of hydrogen-bond acceptors (Lipinski definition) is 4. The first kappa shape index (κ1) is 13.5. The molecule has 6 heteroatoms. The van der Waals surface area contributed by atoms with Crippen molar-refractivity contribution in [3.05, 3.63) is 23.2 Å². The van der Waals surface area contributed by atoms with Gasteiger partial charge in [-0.1, -0.05) is 0 Å². The Hall–Kier alpha value is -1.98. The summed E-state index contributed by atoms with van der Waals surface area (Å²) in [5.41, 5.74) is 0.296. The van der Waals surface area contributed by atoms with E-state index < -0.39 is 17.7 Å². The number of carboxylic acid groups (broad SMARTS) is 1. The van der Waals surface area contributed by atoms with Crippen molar-refractivity contribution in [1.29, 1.82) is 0 Å². The van der Waals surface area contributed by atoms with E-state index in [-0.39, 0.29) is 12.3 Å². The molecule has 0 fully saturated rings. The topological polar surface area (TPSA) is 80.0 Å². The molecule has 104 valence electrons. The predicted octanol–water partition coefficient (Wildman–Crippen LogP) is 2.27. The maximum atomic E-state index is 11.9. The van der Waals surface area contributed by atoms with Gasteiger partial charge >= 0.3 is 12.1 Å². The second-order valence-corrected chi connectivity index (χ2v) is 5.52. The molecule has 1 aliphatic rings. The second-order valence-electron chi connectivity index (χ2n) is 5.52. The molecule has 0 aliphatic carbocycles. The lowest BCUT2D eigenvalue weighted by atomic mass is 10.1. The minimum Gasteiger partial charge on any atom is -0.475 e. The van der Waals surface area contributed by atoms with Gasteiger partial charge in [0.2, 0.25) is 5.76 Å². The minimum absolute atomic E-state index is 0.0870. The molecule has 0 radical (unpaired) electrons. The first-order valence-electron chi connectivity index (χ1n) is 6.09. The summed E-state index contributed by atoms with van der Waals surface area (Å²) in [6.45, 7) is 6.15. The van der Waals surface area contributed by atoms with Gasteiger partial charge in [-0.25, -0.2) is 9.59 Å². The number of hydrogen-bond donors (Lipinski definition) is 1. The summed E-state index contributed by atoms with van der Waals surface area (Å²) in [7, 11) is 0. The normalized spacial score (nSPS) is 15.0. The van der Waals surface area contributed by atoms with E-state index in [0.717, 1.165) is 5.56 Å². The van der Waals surface area contributed by atoms with Crippen molar-refractivity contribution in [2.45, 2.75) is 39.3 Å². The van der Waals surface area contributed by atoms with Gasteiger partial charge in [0.25, 0.3) is 0 Å². The number of carbonyl (C=O) groups is 2. The first-order chi connectivity index (χ1) is 8.76. The zero-order valence-electron chi connectivity index (χ0n) is 11.2. The molecule has 1 aromatic heterocycles. The fourth-order valence-electron chi connectivity index (χ4n) is 1.91. The molecule has 0 bridgehead atoms. The zero-order valence-corrected chi connectivity index (χ0v) is 11.2. The van der Waals surface area contributed by atoms with Gasteiger partial charge in [0.05, 0.1) is 6.54 Å². The Morgan fingerprint density at radius 1 is 1.42 bits per heavy atom. The number of rotatable bonds is 1. The van der Waals surface area contributed by atoms with Crippen molar-refractivity contribution in [1.82, 2.24) is 4.90 Å². The number of ether oxygens (including phenoxy) is 1. The number of aromatic carboxylic acids is 1. The highest BCUT2D eigenvalue weighted by Gasteiger charge is 2.28. The first-order valence-corrected chi connectivity index (χ1v) is 6.09. The molecular formula is C13H17NO5. The van der Waals surface area contributed by atoms with Crippen LogP contribution in [0.1, 0.15) is 42.6 Å². The molecule has 1 aromatic rings. The number of amides is 1. The molecule has 6 nitrogen and oxygen atoms in total. The van der Waals surface area contributed by atoms with Crippen LogP contribution < -0.4 is 0 Å². The van der Waals surface area contributed by atoms with Crippen LogP contribution in [0.4, 0.5) is 4.79 Å². The van der Waals surface area contributed by atoms with Crippen molar-refractivity contribution in [2.24, 2.45) is 0 Å². The van der Waals surface area contributed by atoms with Gasteiger partial charge in [0, 0.05) is 6.54 Å². The molecule has 0 saturated heterocycles. The molecule has 1 amide bonds. The molecule has 0 saturated carbocycles. The zero-order chi connectivity index (χ0) is 14.2. The van der Waals surface area contributed by atoms with Crippen molar-refractivity contribution in [3.8, 4) is 0 Å². The van der Waals surface area contributed by atoms with Crippen LogP contribution in [0, 0.1) is 0 Å². The second kappa shape index (κ2) is 4.60. The van der Waals surface area contributed by atoms with E-state index in [2.05, 4.69) is 0 Å². The number of fused-ring (bicyclic) bond motifs is 1. The fraction of sp³-hybridized carbons (Fsp3) is 0.538. The Kier molecular flexibility index (Phi) is 3.26. The number of furan rings is 1. The molecule has 1 aliphatic heterocycles. The smallest absolute Gasteiger partial charge is 0.410 e. The van der Waals surface area contributed by atoms with Gasteiger partial charge in [-0.15, -0.1) is 0 Å². The Morgan fingerprint density at radius 2 is 2.11 bits per heavy atom. The third-order valence-electron chi connectivity index (χ3n) is 2.74. The Balaban J connectivity index is 2.09. The van der Waals surface area contributed by atoms with E-state index in [4.69, 9.17) is 14.3 Å². The van der Waals surface area contributed by atoms with Crippen molar-refractivity contribution in [2.75, 3.05) is 6.54 Å². The highest BCUT2D eigenvalue weighted by Crippen LogP contribution is 2.24. The van der Waals surface area contributed by atoms with E-state index in [0.29, 0.717) is 18.7 Å². The lowest BCUT2D eigenvalue weighted by Crippen LogP contribution is -2.39. The Morgan fingerprint density at radius 3 is 2.68 bits per heavy atom. The molecule has 0 aromatic carbocycles. The SMILES string of the molecule is CC(C)(C)OC(=O)N1CCc2cc(C(=O)O)oc2C1. The minimum atomic E-state index is -1.10. The molecular weight excluding hydrogens is 250 g/mol. The van der Waals surface area contributed by atoms with E-state index in [9.17, 15) is 9.59 Å². The van der Waals surface area contributed by atoms with E-state index in [1.807, 2.05) is 0 Å². The summed E-state index contributed by atoms with van der Waals surface area (Å²) in [5.74, 6) is -0.663. The largest absolute Gasteiger partial charge is 0.475 e. The summed E-state index contributed by atoms with van der Waals surface area (Å²) in [5, 5.41) is 8.86. The summed E-state index contributed by atoms with van der Waals surface area (Å²) in [6.07, 6.45) is 0.164. The quantitative estimate of drug-likeness (QED) is 0.844. The highest BCUT2D eigenvalue weighted by atomic mass is 16.6. The molecule has 0 unspecified atom stereocenters. The summed E-state index contributed by atoms with van der Waals surface area (Å²) in [4.78, 5) is 24.2. The van der Waals surface area contributed by atoms with Crippen LogP contribution in [0.25, 0.3) is 0 Å². The van der Waals surface area contributed by atoms with Gasteiger partial charge in [-0.3, -0.25) is 0 Å². The van der Waals surface area contributed by atoms with E-state index >= 15 is 0 Å². The Labute approximate surface area is 110 Å². The van der Waals surface area contributed by atoms with Crippen LogP contribution in [0.3, 0.4) is 0 Å². The average molecular weight is 267 g/mol. The van der Waals surface area contributed by atoms with E-state index in [1.54, 1.807) is 20.8 Å². The Bertz CT molecular complexity index is 512. The number of carbonyl (C=O) groups excluding carboxylic acids is 1. The van der Waals surface area contributed by atoms with Crippen molar-refractivity contribution >= 4 is 12.1 Å². The lowest BCUT2D eigenvalue weighted by molar-refractivity contribution is 0.0208. The molecule has 1 N–H and O–H groups in total. The monoisotopic (exact) mass is 267 g/mol. The van der Waals surface area contributed by atoms with Crippen LogP contribution in [0.15, 0.2) is 10.5 Å². The third-order valence-corrected chi connectivity index (χ3v) is 2.74. The van der Waals surface area contributed by atoms with Crippen LogP contribution in [0.5, 0.6) is 0 Å². The van der Waals surface area contributed by atoms with Crippen molar-refractivity contribution in [3.63, 3.8) is 0 Å². The summed E-state index contributed by atoms with van der Waals surface area (Å²) >= 11 is 0. The van der Waals surface area contributed by atoms with E-state index in [1.165, 1.54) is 11.0 Å². The van der Waals surface area contributed by atoms with Crippen LogP contribution in [-0.4, -0.2) is 34.2 Å². The summed E-state index contributed by atoms with van der Waals surface area (Å²) < 4.78 is 10.5. The standard InChI is InChI=1S/C13H17NO5/c1-13(2,3)19-12(17)14-5-4-8-6-9(11(15)16)18-10(8)7-14/h6H,4-5,7H2,1-3H3,(H,15,16). The van der Waals surface area contributed by atoms with Gasteiger partial charge < -0.3 is 19.2 Å². The maximum Gasteiger partial charge on any atom is 0.410 e. The fourth-order valence-corrected chi connectivity index (χ4v) is 1.91. The average Bonchev–Trinajstić information content (AvgIpc) is 2.69.